The minimum Gasteiger partial charge on any atom is -0.400 e. The molecule has 6 atom stereocenters. The van der Waals surface area contributed by atoms with Crippen molar-refractivity contribution >= 4 is 5.78 Å². The SMILES string of the molecule is C=CCC1CC2(C)C(=O)CCC2C2CCC3=C(CCC(OC)C3)C12.CC.CC.CC.CC.CO. The molecule has 0 aromatic carbocycles. The van der Waals surface area contributed by atoms with Crippen LogP contribution in [-0.4, -0.2) is 31.2 Å². The molecule has 0 radical (unpaired) electrons. The van der Waals surface area contributed by atoms with Crippen LogP contribution < -0.4 is 0 Å². The van der Waals surface area contributed by atoms with E-state index in [1.807, 2.05) is 62.5 Å². The van der Waals surface area contributed by atoms with Gasteiger partial charge in [-0.1, -0.05) is 79.5 Å². The lowest BCUT2D eigenvalue weighted by atomic mass is 9.50. The maximum atomic E-state index is 12.7. The monoisotopic (exact) mass is 480 g/mol. The average molecular weight is 481 g/mol. The summed E-state index contributed by atoms with van der Waals surface area (Å²) in [5, 5.41) is 7.00. The highest BCUT2D eigenvalue weighted by Gasteiger charge is 2.57. The first-order valence-electron chi connectivity index (χ1n) is 14.4. The number of methoxy groups -OCH3 is 1. The van der Waals surface area contributed by atoms with E-state index in [2.05, 4.69) is 19.6 Å². The number of aliphatic hydroxyl groups is 1. The predicted molar refractivity (Wildman–Crippen MR) is 150 cm³/mol. The minimum absolute atomic E-state index is 0.0450. The molecule has 0 saturated heterocycles. The summed E-state index contributed by atoms with van der Waals surface area (Å²) >= 11 is 0. The van der Waals surface area contributed by atoms with Crippen LogP contribution in [0.4, 0.5) is 0 Å². The lowest BCUT2D eigenvalue weighted by molar-refractivity contribution is -0.132. The molecular formula is C31H60O3. The Bertz CT molecular complexity index is 579. The Balaban J connectivity index is 0. The van der Waals surface area contributed by atoms with E-state index in [9.17, 15) is 4.79 Å². The first kappa shape index (κ1) is 35.2. The normalized spacial score (nSPS) is 32.5. The molecule has 2 fully saturated rings. The van der Waals surface area contributed by atoms with Crippen molar-refractivity contribution in [1.82, 2.24) is 0 Å². The highest BCUT2D eigenvalue weighted by Crippen LogP contribution is 2.62. The van der Waals surface area contributed by atoms with Gasteiger partial charge in [0.05, 0.1) is 6.10 Å². The lowest BCUT2D eigenvalue weighted by Gasteiger charge is -2.54. The predicted octanol–water partition coefficient (Wildman–Crippen LogP) is 8.80. The van der Waals surface area contributed by atoms with Crippen molar-refractivity contribution in [3.8, 4) is 0 Å². The fourth-order valence-electron chi connectivity index (χ4n) is 6.90. The fraction of sp³-hybridized carbons (Fsp3) is 0.839. The fourth-order valence-corrected chi connectivity index (χ4v) is 6.90. The third kappa shape index (κ3) is 7.79. The molecule has 34 heavy (non-hydrogen) atoms. The Morgan fingerprint density at radius 3 is 2.09 bits per heavy atom. The molecular weight excluding hydrogens is 420 g/mol. The number of ketones is 1. The Morgan fingerprint density at radius 2 is 1.56 bits per heavy atom. The van der Waals surface area contributed by atoms with Gasteiger partial charge < -0.3 is 9.84 Å². The number of fused-ring (bicyclic) bond motifs is 4. The second-order valence-corrected chi connectivity index (χ2v) is 8.93. The molecule has 1 N–H and O–H groups in total. The molecule has 4 aliphatic rings. The number of carbonyl (C=O) groups excluding carboxylic acids is 1. The summed E-state index contributed by atoms with van der Waals surface area (Å²) < 4.78 is 5.65. The van der Waals surface area contributed by atoms with Crippen molar-refractivity contribution in [1.29, 1.82) is 0 Å². The number of rotatable bonds is 3. The highest BCUT2D eigenvalue weighted by atomic mass is 16.5. The van der Waals surface area contributed by atoms with Gasteiger partial charge in [-0.3, -0.25) is 4.79 Å². The van der Waals surface area contributed by atoms with Gasteiger partial charge in [0.25, 0.3) is 0 Å². The van der Waals surface area contributed by atoms with E-state index in [0.717, 1.165) is 45.1 Å². The highest BCUT2D eigenvalue weighted by molar-refractivity contribution is 5.87. The number of allylic oxidation sites excluding steroid dienone is 2. The molecule has 3 nitrogen and oxygen atoms in total. The summed E-state index contributed by atoms with van der Waals surface area (Å²) in [6.07, 6.45) is 12.7. The van der Waals surface area contributed by atoms with Gasteiger partial charge in [-0.05, 0) is 75.0 Å². The van der Waals surface area contributed by atoms with E-state index < -0.39 is 0 Å². The standard InChI is InChI=1S/C22H32O2.4C2H6.CH4O/c1-4-5-15-13-22(2)19(10-11-20(22)23)18-8-6-14-12-16(24-3)7-9-17(14)21(15)18;5*1-2/h4,15-16,18-19,21H,1,5-13H2,2-3H3;4*1-2H3;2H,1H3. The maximum absolute atomic E-state index is 12.7. The quantitative estimate of drug-likeness (QED) is 0.410. The zero-order valence-corrected chi connectivity index (χ0v) is 24.8. The van der Waals surface area contributed by atoms with Crippen molar-refractivity contribution in [2.24, 2.45) is 29.1 Å². The van der Waals surface area contributed by atoms with Gasteiger partial charge in [0.2, 0.25) is 0 Å². The molecule has 4 rings (SSSR count). The smallest absolute Gasteiger partial charge is 0.139 e. The maximum Gasteiger partial charge on any atom is 0.139 e. The molecule has 0 amide bonds. The molecule has 0 spiro atoms. The van der Waals surface area contributed by atoms with E-state index in [1.165, 1.54) is 25.7 Å². The van der Waals surface area contributed by atoms with Crippen LogP contribution in [0.25, 0.3) is 0 Å². The zero-order valence-electron chi connectivity index (χ0n) is 24.8. The van der Waals surface area contributed by atoms with Gasteiger partial charge >= 0.3 is 0 Å². The largest absolute Gasteiger partial charge is 0.400 e. The summed E-state index contributed by atoms with van der Waals surface area (Å²) in [6, 6.07) is 0. The van der Waals surface area contributed by atoms with E-state index in [1.54, 1.807) is 11.1 Å². The van der Waals surface area contributed by atoms with Crippen LogP contribution in [0.5, 0.6) is 0 Å². The summed E-state index contributed by atoms with van der Waals surface area (Å²) in [6.45, 7) is 22.3. The number of aliphatic hydroxyl groups excluding tert-OH is 1. The molecule has 0 bridgehead atoms. The molecule has 3 heteroatoms. The van der Waals surface area contributed by atoms with Gasteiger partial charge in [-0.15, -0.1) is 6.58 Å². The molecule has 0 aliphatic heterocycles. The van der Waals surface area contributed by atoms with Gasteiger partial charge in [-0.2, -0.15) is 0 Å². The van der Waals surface area contributed by atoms with Crippen molar-refractivity contribution in [3.05, 3.63) is 23.8 Å². The second kappa shape index (κ2) is 19.3. The summed E-state index contributed by atoms with van der Waals surface area (Å²) in [4.78, 5) is 12.7. The second-order valence-electron chi connectivity index (χ2n) is 8.93. The minimum atomic E-state index is -0.0450. The lowest BCUT2D eigenvalue weighted by Crippen LogP contribution is -2.48. The van der Waals surface area contributed by atoms with Crippen LogP contribution in [0, 0.1) is 29.1 Å². The van der Waals surface area contributed by atoms with E-state index in [4.69, 9.17) is 9.84 Å². The summed E-state index contributed by atoms with van der Waals surface area (Å²) in [5.74, 6) is 3.25. The number of carbonyl (C=O) groups is 1. The van der Waals surface area contributed by atoms with Crippen LogP contribution >= 0.6 is 0 Å². The Kier molecular flexibility index (Phi) is 20.0. The van der Waals surface area contributed by atoms with Crippen molar-refractivity contribution in [2.75, 3.05) is 14.2 Å². The summed E-state index contributed by atoms with van der Waals surface area (Å²) in [5.41, 5.74) is 3.43. The number of ether oxygens (including phenoxy) is 1. The Morgan fingerprint density at radius 1 is 0.971 bits per heavy atom. The Labute approximate surface area is 213 Å². The van der Waals surface area contributed by atoms with E-state index >= 15 is 0 Å². The van der Waals surface area contributed by atoms with Crippen LogP contribution in [-0.2, 0) is 9.53 Å². The van der Waals surface area contributed by atoms with Gasteiger partial charge in [0, 0.05) is 26.1 Å². The molecule has 2 saturated carbocycles. The van der Waals surface area contributed by atoms with Crippen LogP contribution in [0.15, 0.2) is 23.8 Å². The topological polar surface area (TPSA) is 46.5 Å². The summed E-state index contributed by atoms with van der Waals surface area (Å²) in [7, 11) is 2.86. The third-order valence-electron chi connectivity index (χ3n) is 7.96. The molecule has 202 valence electrons. The zero-order chi connectivity index (χ0) is 26.9. The van der Waals surface area contributed by atoms with Gasteiger partial charge in [0.1, 0.15) is 5.78 Å². The van der Waals surface area contributed by atoms with Crippen LogP contribution in [0.2, 0.25) is 0 Å². The van der Waals surface area contributed by atoms with Crippen LogP contribution in [0.1, 0.15) is 120 Å². The van der Waals surface area contributed by atoms with Gasteiger partial charge in [-0.25, -0.2) is 0 Å². The number of hydrogen-bond donors (Lipinski definition) is 1. The van der Waals surface area contributed by atoms with Crippen molar-refractivity contribution < 1.29 is 14.6 Å². The van der Waals surface area contributed by atoms with Gasteiger partial charge in [0.15, 0.2) is 0 Å². The molecule has 0 aromatic rings. The first-order valence-corrected chi connectivity index (χ1v) is 14.4. The van der Waals surface area contributed by atoms with Crippen molar-refractivity contribution in [2.45, 2.75) is 126 Å². The van der Waals surface area contributed by atoms with Crippen LogP contribution in [0.3, 0.4) is 0 Å². The van der Waals surface area contributed by atoms with E-state index in [-0.39, 0.29) is 5.41 Å². The van der Waals surface area contributed by atoms with E-state index in [0.29, 0.717) is 29.6 Å². The molecule has 0 aromatic heterocycles. The Hall–Kier alpha value is -0.930. The molecule has 4 aliphatic carbocycles. The third-order valence-corrected chi connectivity index (χ3v) is 7.96. The molecule has 6 unspecified atom stereocenters. The number of hydrogen-bond acceptors (Lipinski definition) is 3. The average Bonchev–Trinajstić information content (AvgIpc) is 3.23. The number of Topliss-reactive ketones (excluding diaryl/α,β-unsaturated/α-hetero) is 1. The molecule has 0 heterocycles. The van der Waals surface area contributed by atoms with Crippen molar-refractivity contribution in [3.63, 3.8) is 0 Å². The first-order chi connectivity index (χ1) is 16.6.